The molecule has 8 nitrogen and oxygen atoms in total. The molecule has 26 heavy (non-hydrogen) atoms. The molecule has 0 radical (unpaired) electrons. The SMILES string of the molecule is O=C(N[C@@H](CO)C(=O)NCc1ccc(Cl)cc1)c1ccc2n[nH]nc2c1. The van der Waals surface area contributed by atoms with Crippen LogP contribution < -0.4 is 10.6 Å². The highest BCUT2D eigenvalue weighted by atomic mass is 35.5. The van der Waals surface area contributed by atoms with Crippen LogP contribution >= 0.6 is 11.6 Å². The van der Waals surface area contributed by atoms with Crippen LogP contribution in [0.25, 0.3) is 11.0 Å². The molecule has 1 heterocycles. The molecule has 2 aromatic carbocycles. The number of fused-ring (bicyclic) bond motifs is 1. The monoisotopic (exact) mass is 373 g/mol. The minimum Gasteiger partial charge on any atom is -0.394 e. The van der Waals surface area contributed by atoms with Crippen LogP contribution in [-0.2, 0) is 11.3 Å². The Labute approximate surface area is 153 Å². The summed E-state index contributed by atoms with van der Waals surface area (Å²) >= 11 is 5.81. The number of rotatable bonds is 6. The summed E-state index contributed by atoms with van der Waals surface area (Å²) in [4.78, 5) is 24.5. The quantitative estimate of drug-likeness (QED) is 0.514. The van der Waals surface area contributed by atoms with Gasteiger partial charge in [-0.15, -0.1) is 0 Å². The van der Waals surface area contributed by atoms with E-state index in [0.717, 1.165) is 5.56 Å². The summed E-state index contributed by atoms with van der Waals surface area (Å²) < 4.78 is 0. The molecule has 0 bridgehead atoms. The van der Waals surface area contributed by atoms with Crippen molar-refractivity contribution in [2.45, 2.75) is 12.6 Å². The number of carbonyl (C=O) groups excluding carboxylic acids is 2. The Hall–Kier alpha value is -2.97. The van der Waals surface area contributed by atoms with E-state index in [1.54, 1.807) is 42.5 Å². The van der Waals surface area contributed by atoms with Crippen molar-refractivity contribution < 1.29 is 14.7 Å². The predicted octanol–water partition coefficient (Wildman–Crippen LogP) is 1.02. The first-order chi connectivity index (χ1) is 12.6. The van der Waals surface area contributed by atoms with E-state index in [9.17, 15) is 14.7 Å². The highest BCUT2D eigenvalue weighted by Gasteiger charge is 2.20. The Kier molecular flexibility index (Phi) is 5.45. The Morgan fingerprint density at radius 3 is 2.58 bits per heavy atom. The maximum Gasteiger partial charge on any atom is 0.252 e. The zero-order chi connectivity index (χ0) is 18.5. The van der Waals surface area contributed by atoms with Crippen molar-refractivity contribution >= 4 is 34.4 Å². The van der Waals surface area contributed by atoms with Gasteiger partial charge in [-0.25, -0.2) is 0 Å². The van der Waals surface area contributed by atoms with Crippen molar-refractivity contribution in [3.8, 4) is 0 Å². The van der Waals surface area contributed by atoms with Gasteiger partial charge in [0.15, 0.2) is 0 Å². The van der Waals surface area contributed by atoms with Crippen LogP contribution in [0.4, 0.5) is 0 Å². The maximum absolute atomic E-state index is 12.3. The van der Waals surface area contributed by atoms with E-state index in [1.807, 2.05) is 0 Å². The summed E-state index contributed by atoms with van der Waals surface area (Å²) in [6, 6.07) is 10.7. The lowest BCUT2D eigenvalue weighted by Crippen LogP contribution is -2.48. The lowest BCUT2D eigenvalue weighted by Gasteiger charge is -2.16. The molecule has 0 fully saturated rings. The third-order valence-electron chi connectivity index (χ3n) is 3.76. The number of hydrogen-bond donors (Lipinski definition) is 4. The summed E-state index contributed by atoms with van der Waals surface area (Å²) in [7, 11) is 0. The molecule has 0 aliphatic heterocycles. The Balaban J connectivity index is 1.61. The Bertz CT molecular complexity index is 926. The van der Waals surface area contributed by atoms with Gasteiger partial charge in [-0.05, 0) is 35.9 Å². The normalized spacial score (nSPS) is 11.9. The molecule has 134 valence electrons. The predicted molar refractivity (Wildman–Crippen MR) is 95.5 cm³/mol. The largest absolute Gasteiger partial charge is 0.394 e. The first-order valence-electron chi connectivity index (χ1n) is 7.81. The first-order valence-corrected chi connectivity index (χ1v) is 8.19. The highest BCUT2D eigenvalue weighted by Crippen LogP contribution is 2.11. The summed E-state index contributed by atoms with van der Waals surface area (Å²) in [5.74, 6) is -0.978. The number of nitrogens with zero attached hydrogens (tertiary/aromatic N) is 2. The van der Waals surface area contributed by atoms with Gasteiger partial charge in [-0.1, -0.05) is 23.7 Å². The number of aromatic amines is 1. The van der Waals surface area contributed by atoms with Gasteiger partial charge < -0.3 is 15.7 Å². The van der Waals surface area contributed by atoms with Crippen molar-refractivity contribution in [3.63, 3.8) is 0 Å². The second-order valence-electron chi connectivity index (χ2n) is 5.58. The van der Waals surface area contributed by atoms with Gasteiger partial charge in [0.1, 0.15) is 17.1 Å². The number of nitrogens with one attached hydrogen (secondary N) is 3. The van der Waals surface area contributed by atoms with Crippen LogP contribution in [0.1, 0.15) is 15.9 Å². The van der Waals surface area contributed by atoms with Crippen LogP contribution in [0.2, 0.25) is 5.02 Å². The van der Waals surface area contributed by atoms with Gasteiger partial charge in [0.05, 0.1) is 6.61 Å². The van der Waals surface area contributed by atoms with Gasteiger partial charge >= 0.3 is 0 Å². The van der Waals surface area contributed by atoms with Gasteiger partial charge in [-0.3, -0.25) is 9.59 Å². The fraction of sp³-hybridized carbons (Fsp3) is 0.176. The molecule has 0 aliphatic carbocycles. The molecule has 3 aromatic rings. The molecule has 0 aliphatic rings. The molecule has 1 aromatic heterocycles. The van der Waals surface area contributed by atoms with E-state index in [1.165, 1.54) is 0 Å². The second-order valence-corrected chi connectivity index (χ2v) is 6.02. The fourth-order valence-electron chi connectivity index (χ4n) is 2.33. The molecular formula is C17H16ClN5O3. The third kappa shape index (κ3) is 4.16. The number of hydrogen-bond acceptors (Lipinski definition) is 5. The number of aromatic nitrogens is 3. The average molecular weight is 374 g/mol. The number of carbonyl (C=O) groups is 2. The highest BCUT2D eigenvalue weighted by molar-refractivity contribution is 6.30. The average Bonchev–Trinajstić information content (AvgIpc) is 3.13. The molecule has 0 unspecified atom stereocenters. The molecule has 9 heteroatoms. The smallest absolute Gasteiger partial charge is 0.252 e. The summed E-state index contributed by atoms with van der Waals surface area (Å²) in [6.45, 7) is -0.266. The molecule has 4 N–H and O–H groups in total. The van der Waals surface area contributed by atoms with Crippen LogP contribution in [-0.4, -0.2) is 45.0 Å². The zero-order valence-electron chi connectivity index (χ0n) is 13.6. The zero-order valence-corrected chi connectivity index (χ0v) is 14.3. The molecule has 0 saturated heterocycles. The first kappa shape index (κ1) is 17.8. The molecule has 3 rings (SSSR count). The number of aliphatic hydroxyl groups excluding tert-OH is 1. The maximum atomic E-state index is 12.3. The second kappa shape index (κ2) is 7.94. The van der Waals surface area contributed by atoms with E-state index in [4.69, 9.17) is 11.6 Å². The van der Waals surface area contributed by atoms with E-state index in [0.29, 0.717) is 21.6 Å². The van der Waals surface area contributed by atoms with Crippen LogP contribution in [0.5, 0.6) is 0 Å². The van der Waals surface area contributed by atoms with Gasteiger partial charge in [0.25, 0.3) is 5.91 Å². The number of benzene rings is 2. The third-order valence-corrected chi connectivity index (χ3v) is 4.01. The van der Waals surface area contributed by atoms with Crippen molar-refractivity contribution in [2.75, 3.05) is 6.61 Å². The Morgan fingerprint density at radius 1 is 1.12 bits per heavy atom. The standard InChI is InChI=1S/C17H16ClN5O3/c18-12-4-1-10(2-5-12)8-19-17(26)15(9-24)20-16(25)11-3-6-13-14(7-11)22-23-21-13/h1-7,15,24H,8-9H2,(H,19,26)(H,20,25)(H,21,22,23)/t15-/m0/s1. The summed E-state index contributed by atoms with van der Waals surface area (Å²) in [6.07, 6.45) is 0. The molecule has 0 saturated carbocycles. The lowest BCUT2D eigenvalue weighted by atomic mass is 10.1. The van der Waals surface area contributed by atoms with Crippen LogP contribution in [0.3, 0.4) is 0 Å². The van der Waals surface area contributed by atoms with Crippen molar-refractivity contribution in [1.82, 2.24) is 26.0 Å². The van der Waals surface area contributed by atoms with E-state index >= 15 is 0 Å². The number of aliphatic hydroxyl groups is 1. The molecular weight excluding hydrogens is 358 g/mol. The van der Waals surface area contributed by atoms with E-state index in [2.05, 4.69) is 26.0 Å². The summed E-state index contributed by atoms with van der Waals surface area (Å²) in [5, 5.41) is 25.5. The van der Waals surface area contributed by atoms with Gasteiger partial charge in [-0.2, -0.15) is 15.4 Å². The lowest BCUT2D eigenvalue weighted by molar-refractivity contribution is -0.124. The van der Waals surface area contributed by atoms with Crippen LogP contribution in [0, 0.1) is 0 Å². The minimum absolute atomic E-state index is 0.257. The van der Waals surface area contributed by atoms with E-state index in [-0.39, 0.29) is 6.54 Å². The molecule has 1 atom stereocenters. The number of H-pyrrole nitrogens is 1. The molecule has 2 amide bonds. The molecule has 0 spiro atoms. The van der Waals surface area contributed by atoms with Crippen molar-refractivity contribution in [2.24, 2.45) is 0 Å². The number of amides is 2. The minimum atomic E-state index is -1.07. The van der Waals surface area contributed by atoms with Crippen molar-refractivity contribution in [1.29, 1.82) is 0 Å². The van der Waals surface area contributed by atoms with E-state index < -0.39 is 24.5 Å². The summed E-state index contributed by atoms with van der Waals surface area (Å²) in [5.41, 5.74) is 2.32. The van der Waals surface area contributed by atoms with Gasteiger partial charge in [0, 0.05) is 17.1 Å². The van der Waals surface area contributed by atoms with Crippen molar-refractivity contribution in [3.05, 3.63) is 58.6 Å². The fourth-order valence-corrected chi connectivity index (χ4v) is 2.46. The Morgan fingerprint density at radius 2 is 1.85 bits per heavy atom. The van der Waals surface area contributed by atoms with Gasteiger partial charge in [0.2, 0.25) is 5.91 Å². The van der Waals surface area contributed by atoms with Crippen LogP contribution in [0.15, 0.2) is 42.5 Å². The number of halogens is 1. The topological polar surface area (TPSA) is 120 Å².